The van der Waals surface area contributed by atoms with Gasteiger partial charge in [-0.3, -0.25) is 0 Å². The standard InChI is InChI=1S/C24H29F2N5O.H2/c1-2-5-21-22(26)18-15-27-24(29-23(18)31(21)17-6-3-4-7-17)28-16-8-9-20(19(25)14-16)30-10-12-32-13-11-30;/h8-9,14-15,17H,2-7,10-13H2,1H3,(H,27,28,29);1H. The van der Waals surface area contributed by atoms with Gasteiger partial charge in [0.2, 0.25) is 5.95 Å². The lowest BCUT2D eigenvalue weighted by atomic mass is 10.2. The molecule has 6 nitrogen and oxygen atoms in total. The molecule has 1 aromatic carbocycles. The normalized spacial score (nSPS) is 17.4. The van der Waals surface area contributed by atoms with Crippen molar-refractivity contribution in [2.24, 2.45) is 0 Å². The van der Waals surface area contributed by atoms with Crippen molar-refractivity contribution in [1.29, 1.82) is 0 Å². The Morgan fingerprint density at radius 1 is 1.19 bits per heavy atom. The molecule has 3 heterocycles. The number of morpholine rings is 1. The summed E-state index contributed by atoms with van der Waals surface area (Å²) in [6, 6.07) is 5.32. The minimum atomic E-state index is -0.302. The molecule has 1 aliphatic carbocycles. The number of aromatic nitrogens is 3. The number of nitrogens with zero attached hydrogens (tertiary/aromatic N) is 4. The average Bonchev–Trinajstić information content (AvgIpc) is 3.42. The molecular weight excluding hydrogens is 412 g/mol. The van der Waals surface area contributed by atoms with Crippen LogP contribution < -0.4 is 10.2 Å². The number of hydrogen-bond donors (Lipinski definition) is 1. The van der Waals surface area contributed by atoms with Crippen molar-refractivity contribution in [2.75, 3.05) is 36.5 Å². The van der Waals surface area contributed by atoms with Crippen molar-refractivity contribution in [3.8, 4) is 0 Å². The molecular formula is C24H31F2N5O. The molecule has 0 amide bonds. The number of hydrogen-bond acceptors (Lipinski definition) is 5. The molecule has 172 valence electrons. The maximum Gasteiger partial charge on any atom is 0.229 e. The third kappa shape index (κ3) is 3.92. The van der Waals surface area contributed by atoms with E-state index >= 15 is 4.39 Å². The highest BCUT2D eigenvalue weighted by molar-refractivity contribution is 5.79. The van der Waals surface area contributed by atoms with Gasteiger partial charge in [-0.2, -0.15) is 4.98 Å². The summed E-state index contributed by atoms with van der Waals surface area (Å²) in [6.07, 6.45) is 7.48. The molecule has 1 saturated heterocycles. The second-order valence-corrected chi connectivity index (χ2v) is 8.64. The summed E-state index contributed by atoms with van der Waals surface area (Å²) in [4.78, 5) is 11.0. The van der Waals surface area contributed by atoms with Crippen molar-refractivity contribution in [3.05, 3.63) is 41.7 Å². The van der Waals surface area contributed by atoms with Gasteiger partial charge in [-0.05, 0) is 37.5 Å². The summed E-state index contributed by atoms with van der Waals surface area (Å²) < 4.78 is 37.4. The number of rotatable bonds is 6. The Bertz CT molecular complexity index is 1110. The van der Waals surface area contributed by atoms with Gasteiger partial charge in [0.05, 0.1) is 30.0 Å². The van der Waals surface area contributed by atoms with Crippen LogP contribution in [0.25, 0.3) is 11.0 Å². The first-order chi connectivity index (χ1) is 15.7. The van der Waals surface area contributed by atoms with Crippen LogP contribution in [0.2, 0.25) is 0 Å². The second kappa shape index (κ2) is 9.02. The van der Waals surface area contributed by atoms with E-state index in [-0.39, 0.29) is 19.1 Å². The van der Waals surface area contributed by atoms with Crippen LogP contribution >= 0.6 is 0 Å². The Labute approximate surface area is 188 Å². The lowest BCUT2D eigenvalue weighted by Crippen LogP contribution is -2.36. The van der Waals surface area contributed by atoms with Crippen LogP contribution in [0.1, 0.15) is 52.2 Å². The molecule has 2 fully saturated rings. The van der Waals surface area contributed by atoms with Crippen LogP contribution in [0.5, 0.6) is 0 Å². The highest BCUT2D eigenvalue weighted by atomic mass is 19.1. The van der Waals surface area contributed by atoms with E-state index in [2.05, 4.69) is 26.8 Å². The molecule has 0 unspecified atom stereocenters. The fraction of sp³-hybridized carbons (Fsp3) is 0.500. The van der Waals surface area contributed by atoms with E-state index < -0.39 is 0 Å². The van der Waals surface area contributed by atoms with Gasteiger partial charge in [0.25, 0.3) is 0 Å². The predicted octanol–water partition coefficient (Wildman–Crippen LogP) is 5.60. The molecule has 2 aromatic heterocycles. The molecule has 3 aromatic rings. The third-order valence-electron chi connectivity index (χ3n) is 6.51. The lowest BCUT2D eigenvalue weighted by molar-refractivity contribution is 0.122. The molecule has 2 aliphatic rings. The Hall–Kier alpha value is -2.74. The minimum absolute atomic E-state index is 0. The Morgan fingerprint density at radius 3 is 2.69 bits per heavy atom. The van der Waals surface area contributed by atoms with E-state index in [0.29, 0.717) is 61.1 Å². The number of fused-ring (bicyclic) bond motifs is 1. The fourth-order valence-corrected chi connectivity index (χ4v) is 4.96. The maximum absolute atomic E-state index is 15.2. The summed E-state index contributed by atoms with van der Waals surface area (Å²) >= 11 is 0. The number of benzene rings is 1. The molecule has 8 heteroatoms. The minimum Gasteiger partial charge on any atom is -0.378 e. The van der Waals surface area contributed by atoms with Crippen LogP contribution in [0, 0.1) is 11.6 Å². The molecule has 0 spiro atoms. The smallest absolute Gasteiger partial charge is 0.229 e. The third-order valence-corrected chi connectivity index (χ3v) is 6.51. The highest BCUT2D eigenvalue weighted by Crippen LogP contribution is 2.36. The quantitative estimate of drug-likeness (QED) is 0.537. The first-order valence-electron chi connectivity index (χ1n) is 11.6. The molecule has 5 rings (SSSR count). The number of ether oxygens (including phenoxy) is 1. The van der Waals surface area contributed by atoms with Gasteiger partial charge in [0.15, 0.2) is 5.82 Å². The molecule has 1 N–H and O–H groups in total. The van der Waals surface area contributed by atoms with Crippen LogP contribution in [0.15, 0.2) is 24.4 Å². The van der Waals surface area contributed by atoms with E-state index in [4.69, 9.17) is 4.74 Å². The van der Waals surface area contributed by atoms with Gasteiger partial charge >= 0.3 is 0 Å². The van der Waals surface area contributed by atoms with E-state index in [1.54, 1.807) is 12.3 Å². The monoisotopic (exact) mass is 443 g/mol. The largest absolute Gasteiger partial charge is 0.378 e. The fourth-order valence-electron chi connectivity index (χ4n) is 4.96. The van der Waals surface area contributed by atoms with Gasteiger partial charge in [0.1, 0.15) is 11.5 Å². The van der Waals surface area contributed by atoms with Crippen molar-refractivity contribution >= 4 is 28.4 Å². The van der Waals surface area contributed by atoms with E-state index in [1.165, 1.54) is 6.07 Å². The topological polar surface area (TPSA) is 55.2 Å². The van der Waals surface area contributed by atoms with Crippen molar-refractivity contribution in [1.82, 2.24) is 14.5 Å². The van der Waals surface area contributed by atoms with Gasteiger partial charge in [-0.25, -0.2) is 13.8 Å². The number of anilines is 3. The van der Waals surface area contributed by atoms with Gasteiger partial charge < -0.3 is 19.5 Å². The zero-order valence-corrected chi connectivity index (χ0v) is 18.4. The van der Waals surface area contributed by atoms with E-state index in [9.17, 15) is 4.39 Å². The first kappa shape index (κ1) is 21.1. The van der Waals surface area contributed by atoms with Crippen molar-refractivity contribution < 1.29 is 14.9 Å². The lowest BCUT2D eigenvalue weighted by Gasteiger charge is -2.29. The highest BCUT2D eigenvalue weighted by Gasteiger charge is 2.26. The van der Waals surface area contributed by atoms with Crippen LogP contribution in [-0.2, 0) is 11.2 Å². The molecule has 1 saturated carbocycles. The summed E-state index contributed by atoms with van der Waals surface area (Å²) in [7, 11) is 0. The van der Waals surface area contributed by atoms with Crippen LogP contribution in [0.3, 0.4) is 0 Å². The zero-order chi connectivity index (χ0) is 22.1. The van der Waals surface area contributed by atoms with Crippen molar-refractivity contribution in [2.45, 2.75) is 51.5 Å². The van der Waals surface area contributed by atoms with Crippen molar-refractivity contribution in [3.63, 3.8) is 0 Å². The number of halogens is 2. The molecule has 0 atom stereocenters. The predicted molar refractivity (Wildman–Crippen MR) is 124 cm³/mol. The Kier molecular flexibility index (Phi) is 5.95. The van der Waals surface area contributed by atoms with Gasteiger partial charge in [0, 0.05) is 32.4 Å². The summed E-state index contributed by atoms with van der Waals surface area (Å²) in [5, 5.41) is 3.56. The van der Waals surface area contributed by atoms with Crippen LogP contribution in [-0.4, -0.2) is 40.8 Å². The first-order valence-corrected chi connectivity index (χ1v) is 11.6. The van der Waals surface area contributed by atoms with Gasteiger partial charge in [-0.1, -0.05) is 26.2 Å². The van der Waals surface area contributed by atoms with Crippen LogP contribution in [0.4, 0.5) is 26.1 Å². The molecule has 1 aliphatic heterocycles. The Morgan fingerprint density at radius 2 is 1.97 bits per heavy atom. The second-order valence-electron chi connectivity index (χ2n) is 8.64. The molecule has 32 heavy (non-hydrogen) atoms. The maximum atomic E-state index is 15.2. The summed E-state index contributed by atoms with van der Waals surface area (Å²) in [5.41, 5.74) is 2.48. The summed E-state index contributed by atoms with van der Waals surface area (Å²) in [5.74, 6) is -0.166. The van der Waals surface area contributed by atoms with E-state index in [1.807, 2.05) is 11.0 Å². The SMILES string of the molecule is CCCc1c(F)c2cnc(Nc3ccc(N4CCOCC4)c(F)c3)nc2n1C1CCCC1.[HH]. The zero-order valence-electron chi connectivity index (χ0n) is 18.4. The average molecular weight is 444 g/mol. The molecule has 0 radical (unpaired) electrons. The Balaban J connectivity index is 0.00000259. The van der Waals surface area contributed by atoms with Gasteiger partial charge in [-0.15, -0.1) is 0 Å². The molecule has 0 bridgehead atoms. The van der Waals surface area contributed by atoms with E-state index in [0.717, 1.165) is 37.8 Å². The summed E-state index contributed by atoms with van der Waals surface area (Å²) in [6.45, 7) is 4.61. The number of nitrogens with one attached hydrogen (secondary N) is 1.